The Bertz CT molecular complexity index is 1320. The number of carboxylic acids is 1. The van der Waals surface area contributed by atoms with E-state index in [1.807, 2.05) is 41.5 Å². The minimum absolute atomic E-state index is 0.0137. The molecule has 0 bridgehead atoms. The Labute approximate surface area is 317 Å². The molecular formula is C42H70O11. The number of rotatable bonds is 12. The highest BCUT2D eigenvalue weighted by molar-refractivity contribution is 5.84. The lowest BCUT2D eigenvalue weighted by Gasteiger charge is -2.54. The Hall–Kier alpha value is -1.44. The summed E-state index contributed by atoms with van der Waals surface area (Å²) in [5.41, 5.74) is -1.63. The van der Waals surface area contributed by atoms with E-state index in [0.29, 0.717) is 57.8 Å². The number of aliphatic carboxylic acids is 1. The van der Waals surface area contributed by atoms with Gasteiger partial charge in [0.15, 0.2) is 5.79 Å². The molecule has 304 valence electrons. The van der Waals surface area contributed by atoms with Crippen molar-refractivity contribution in [3.05, 3.63) is 12.2 Å². The van der Waals surface area contributed by atoms with E-state index in [1.54, 1.807) is 19.1 Å². The van der Waals surface area contributed by atoms with Gasteiger partial charge in [0.05, 0.1) is 53.7 Å². The molecule has 0 unspecified atom stereocenters. The smallest absolute Gasteiger partial charge is 0.309 e. The summed E-state index contributed by atoms with van der Waals surface area (Å²) in [6.07, 6.45) is 5.51. The van der Waals surface area contributed by atoms with Crippen molar-refractivity contribution < 1.29 is 53.7 Å². The van der Waals surface area contributed by atoms with Crippen LogP contribution >= 0.6 is 0 Å². The Kier molecular flexibility index (Phi) is 13.0. The fourth-order valence-corrected chi connectivity index (χ4v) is 10.5. The molecule has 53 heavy (non-hydrogen) atoms. The van der Waals surface area contributed by atoms with Gasteiger partial charge in [0, 0.05) is 30.1 Å². The van der Waals surface area contributed by atoms with Crippen molar-refractivity contribution >= 4 is 11.8 Å². The second-order valence-corrected chi connectivity index (χ2v) is 17.9. The molecule has 18 atom stereocenters. The largest absolute Gasteiger partial charge is 0.481 e. The van der Waals surface area contributed by atoms with Gasteiger partial charge in [-0.25, -0.2) is 0 Å². The van der Waals surface area contributed by atoms with Crippen LogP contribution in [0.25, 0.3) is 0 Å². The van der Waals surface area contributed by atoms with Crippen molar-refractivity contribution in [1.29, 1.82) is 0 Å². The minimum Gasteiger partial charge on any atom is -0.481 e. The molecule has 2 spiro atoms. The lowest BCUT2D eigenvalue weighted by atomic mass is 9.72. The van der Waals surface area contributed by atoms with Crippen LogP contribution in [0.2, 0.25) is 0 Å². The van der Waals surface area contributed by atoms with Crippen molar-refractivity contribution in [3.8, 4) is 0 Å². The van der Waals surface area contributed by atoms with Gasteiger partial charge in [-0.1, -0.05) is 55.4 Å². The summed E-state index contributed by atoms with van der Waals surface area (Å²) in [4.78, 5) is 26.4. The Morgan fingerprint density at radius 1 is 0.887 bits per heavy atom. The summed E-state index contributed by atoms with van der Waals surface area (Å²) in [5, 5.41) is 44.0. The quantitative estimate of drug-likeness (QED) is 0.169. The number of Topliss-reactive ketones (excluding diaryl/α,β-unsaturated/α-hetero) is 1. The molecule has 5 heterocycles. The first-order chi connectivity index (χ1) is 24.8. The summed E-state index contributed by atoms with van der Waals surface area (Å²) in [6.45, 7) is 19.6. The number of ketones is 1. The summed E-state index contributed by atoms with van der Waals surface area (Å²) in [6, 6.07) is 0. The molecule has 0 aliphatic carbocycles. The Morgan fingerprint density at radius 3 is 2.17 bits per heavy atom. The van der Waals surface area contributed by atoms with Crippen LogP contribution < -0.4 is 0 Å². The third kappa shape index (κ3) is 7.94. The average Bonchev–Trinajstić information content (AvgIpc) is 3.47. The van der Waals surface area contributed by atoms with E-state index in [9.17, 15) is 30.0 Å². The highest BCUT2D eigenvalue weighted by atomic mass is 16.8. The van der Waals surface area contributed by atoms with E-state index < -0.39 is 76.8 Å². The molecule has 11 heteroatoms. The summed E-state index contributed by atoms with van der Waals surface area (Å²) >= 11 is 0. The third-order valence-corrected chi connectivity index (χ3v) is 14.4. The molecule has 0 aromatic rings. The fraction of sp³-hybridized carbons (Fsp3) is 0.905. The van der Waals surface area contributed by atoms with Crippen LogP contribution in [0.15, 0.2) is 12.2 Å². The number of carbonyl (C=O) groups is 2. The average molecular weight is 751 g/mol. The molecule has 0 aromatic heterocycles. The highest BCUT2D eigenvalue weighted by Crippen LogP contribution is 2.54. The maximum absolute atomic E-state index is 14.4. The molecule has 0 amide bonds. The van der Waals surface area contributed by atoms with Crippen LogP contribution in [0.5, 0.6) is 0 Å². The van der Waals surface area contributed by atoms with Crippen molar-refractivity contribution in [2.24, 2.45) is 41.4 Å². The topological polar surface area (TPSA) is 161 Å². The number of carbonyl (C=O) groups excluding carboxylic acids is 1. The maximum Gasteiger partial charge on any atom is 0.309 e. The zero-order valence-electron chi connectivity index (χ0n) is 34.0. The minimum atomic E-state index is -1.37. The second kappa shape index (κ2) is 16.2. The lowest BCUT2D eigenvalue weighted by Crippen LogP contribution is -2.63. The number of aliphatic hydroxyl groups excluding tert-OH is 2. The number of carboxylic acid groups (broad SMARTS) is 1. The molecule has 11 nitrogen and oxygen atoms in total. The van der Waals surface area contributed by atoms with Crippen molar-refractivity contribution in [2.75, 3.05) is 0 Å². The van der Waals surface area contributed by atoms with Crippen molar-refractivity contribution in [1.82, 2.24) is 0 Å². The van der Waals surface area contributed by atoms with Crippen molar-refractivity contribution in [2.45, 2.75) is 199 Å². The summed E-state index contributed by atoms with van der Waals surface area (Å²) in [7, 11) is 0. The highest BCUT2D eigenvalue weighted by Gasteiger charge is 2.63. The van der Waals surface area contributed by atoms with Gasteiger partial charge in [-0.3, -0.25) is 9.59 Å². The van der Waals surface area contributed by atoms with Crippen LogP contribution in [0.1, 0.15) is 133 Å². The standard InChI is InChI=1S/C42H70O11/c1-11-29(38(46)47)31-15-14-23(4)36(50-31)27(8)34(44)26(7)35(45)30(12-2)37-24(5)22-25(6)41(51-37)19-16-32(43)42(53-41)21-20-39(10,52-42)33-17-18-40(48,13-3)28(9)49-33/h16,19,23-34,36-37,43-44,48H,11-15,17-18,20-22H2,1-10H3,(H,46,47)/t23-,24-,25+,26-,27-,28-,29+,30-,31-,32+,33+,34+,36+,37-,39-,40+,41+,42+/m0/s1. The first-order valence-corrected chi connectivity index (χ1v) is 20.7. The molecule has 5 aliphatic heterocycles. The molecule has 4 fully saturated rings. The molecule has 5 rings (SSSR count). The van der Waals surface area contributed by atoms with E-state index in [0.717, 1.165) is 6.42 Å². The predicted octanol–water partition coefficient (Wildman–Crippen LogP) is 6.19. The van der Waals surface area contributed by atoms with Crippen LogP contribution in [-0.4, -0.2) is 97.7 Å². The number of hydrogen-bond acceptors (Lipinski definition) is 10. The lowest BCUT2D eigenvalue weighted by molar-refractivity contribution is -0.409. The molecule has 0 radical (unpaired) electrons. The van der Waals surface area contributed by atoms with E-state index in [4.69, 9.17) is 23.7 Å². The Morgan fingerprint density at radius 2 is 1.57 bits per heavy atom. The van der Waals surface area contributed by atoms with E-state index in [1.165, 1.54) is 0 Å². The zero-order chi connectivity index (χ0) is 39.3. The second-order valence-electron chi connectivity index (χ2n) is 17.9. The van der Waals surface area contributed by atoms with Gasteiger partial charge in [0.2, 0.25) is 5.79 Å². The van der Waals surface area contributed by atoms with Crippen LogP contribution in [0.4, 0.5) is 0 Å². The Balaban J connectivity index is 1.31. The fourth-order valence-electron chi connectivity index (χ4n) is 10.5. The first-order valence-electron chi connectivity index (χ1n) is 20.7. The van der Waals surface area contributed by atoms with Gasteiger partial charge in [-0.15, -0.1) is 0 Å². The third-order valence-electron chi connectivity index (χ3n) is 14.4. The van der Waals surface area contributed by atoms with E-state index >= 15 is 0 Å². The number of aliphatic hydroxyl groups is 3. The van der Waals surface area contributed by atoms with Gasteiger partial charge in [-0.05, 0) is 95.6 Å². The maximum atomic E-state index is 14.4. The monoisotopic (exact) mass is 750 g/mol. The van der Waals surface area contributed by atoms with Crippen molar-refractivity contribution in [3.63, 3.8) is 0 Å². The first kappa shape index (κ1) is 42.7. The summed E-state index contributed by atoms with van der Waals surface area (Å²) in [5.74, 6) is -5.78. The van der Waals surface area contributed by atoms with Crippen LogP contribution in [0, 0.1) is 41.4 Å². The van der Waals surface area contributed by atoms with E-state index in [-0.39, 0.29) is 41.8 Å². The van der Waals surface area contributed by atoms with Gasteiger partial charge in [0.1, 0.15) is 11.9 Å². The zero-order valence-corrected chi connectivity index (χ0v) is 34.0. The molecule has 4 N–H and O–H groups in total. The van der Waals surface area contributed by atoms with Gasteiger partial charge in [0.25, 0.3) is 0 Å². The van der Waals surface area contributed by atoms with Gasteiger partial charge < -0.3 is 44.1 Å². The molecule has 4 saturated heterocycles. The summed E-state index contributed by atoms with van der Waals surface area (Å²) < 4.78 is 33.5. The van der Waals surface area contributed by atoms with Gasteiger partial charge >= 0.3 is 5.97 Å². The molecule has 5 aliphatic rings. The van der Waals surface area contributed by atoms with Gasteiger partial charge in [-0.2, -0.15) is 0 Å². The SMILES string of the molecule is CC[C@@H](C(=O)[C@@H](C)[C@@H](O)[C@H](C)[C@@H]1O[C@H]([C@@H](CC)C(=O)O)CC[C@@H]1C)[C@H]1O[C@@]2(C=C[C@@H](O)[C@@]3(CC[C@@](C)([C@H]4CC[C@](O)(CC)[C@H](C)O4)O3)O2)[C@H](C)C[C@@H]1C. The predicted molar refractivity (Wildman–Crippen MR) is 199 cm³/mol. The molecule has 0 aromatic carbocycles. The van der Waals surface area contributed by atoms with E-state index in [2.05, 4.69) is 20.8 Å². The van der Waals surface area contributed by atoms with Crippen LogP contribution in [-0.2, 0) is 33.3 Å². The normalized spacial score (nSPS) is 46.2. The van der Waals surface area contributed by atoms with Crippen LogP contribution in [0.3, 0.4) is 0 Å². The number of ether oxygens (including phenoxy) is 5. The number of hydrogen-bond donors (Lipinski definition) is 4. The molecule has 0 saturated carbocycles. The molecular weight excluding hydrogens is 680 g/mol.